The van der Waals surface area contributed by atoms with Gasteiger partial charge in [0.1, 0.15) is 11.8 Å². The highest BCUT2D eigenvalue weighted by atomic mass is 16.5. The van der Waals surface area contributed by atoms with E-state index in [0.717, 1.165) is 31.4 Å². The van der Waals surface area contributed by atoms with Gasteiger partial charge in [0, 0.05) is 12.6 Å². The van der Waals surface area contributed by atoms with Crippen LogP contribution in [0.1, 0.15) is 24.0 Å². The zero-order chi connectivity index (χ0) is 19.1. The molecular formula is C22H27NO4. The number of phenolic OH excluding ortho intramolecular Hbond substituents is 1. The van der Waals surface area contributed by atoms with Gasteiger partial charge in [-0.25, -0.2) is 0 Å². The van der Waals surface area contributed by atoms with Gasteiger partial charge in [0.25, 0.3) is 0 Å². The van der Waals surface area contributed by atoms with Crippen LogP contribution in [0.15, 0.2) is 54.6 Å². The van der Waals surface area contributed by atoms with Crippen molar-refractivity contribution in [3.05, 3.63) is 65.7 Å². The Morgan fingerprint density at radius 1 is 1.11 bits per heavy atom. The van der Waals surface area contributed by atoms with Crippen LogP contribution in [-0.2, 0) is 22.4 Å². The van der Waals surface area contributed by atoms with Crippen LogP contribution in [0.3, 0.4) is 0 Å². The van der Waals surface area contributed by atoms with Crippen molar-refractivity contribution in [2.75, 3.05) is 19.8 Å². The molecule has 5 nitrogen and oxygen atoms in total. The standard InChI is InChI=1S/C22H27NO4/c24-20-10-8-18(9-11-20)15-21(22(25)26)23(19-12-14-27-16-19)13-4-7-17-5-2-1-3-6-17/h1-3,5-6,8-11,19,21,24H,4,7,12-16H2,(H,25,26)/t19?,21-/m1/s1. The molecule has 1 unspecified atom stereocenters. The first-order valence-corrected chi connectivity index (χ1v) is 9.51. The Morgan fingerprint density at radius 3 is 2.48 bits per heavy atom. The summed E-state index contributed by atoms with van der Waals surface area (Å²) in [4.78, 5) is 14.2. The van der Waals surface area contributed by atoms with E-state index in [-0.39, 0.29) is 11.8 Å². The summed E-state index contributed by atoms with van der Waals surface area (Å²) in [5.74, 6) is -0.621. The summed E-state index contributed by atoms with van der Waals surface area (Å²) in [5.41, 5.74) is 2.18. The van der Waals surface area contributed by atoms with Crippen molar-refractivity contribution in [3.63, 3.8) is 0 Å². The van der Waals surface area contributed by atoms with E-state index in [1.54, 1.807) is 24.3 Å². The van der Waals surface area contributed by atoms with Crippen LogP contribution < -0.4 is 0 Å². The van der Waals surface area contributed by atoms with E-state index in [0.29, 0.717) is 19.6 Å². The maximum absolute atomic E-state index is 12.1. The monoisotopic (exact) mass is 369 g/mol. The molecule has 2 N–H and O–H groups in total. The fourth-order valence-corrected chi connectivity index (χ4v) is 3.69. The van der Waals surface area contributed by atoms with Crippen LogP contribution in [0, 0.1) is 0 Å². The molecule has 0 spiro atoms. The first-order valence-electron chi connectivity index (χ1n) is 9.51. The largest absolute Gasteiger partial charge is 0.508 e. The minimum absolute atomic E-state index is 0.138. The van der Waals surface area contributed by atoms with Crippen LogP contribution >= 0.6 is 0 Å². The molecule has 2 aromatic rings. The number of carboxylic acids is 1. The van der Waals surface area contributed by atoms with Crippen molar-refractivity contribution in [2.24, 2.45) is 0 Å². The summed E-state index contributed by atoms with van der Waals surface area (Å²) < 4.78 is 5.53. The van der Waals surface area contributed by atoms with Gasteiger partial charge in [-0.15, -0.1) is 0 Å². The predicted octanol–water partition coefficient (Wildman–Crippen LogP) is 3.11. The summed E-state index contributed by atoms with van der Waals surface area (Å²) in [6.45, 7) is 1.99. The first-order chi connectivity index (χ1) is 13.1. The summed E-state index contributed by atoms with van der Waals surface area (Å²) >= 11 is 0. The molecule has 3 rings (SSSR count). The fourth-order valence-electron chi connectivity index (χ4n) is 3.69. The molecule has 1 aliphatic rings. The quantitative estimate of drug-likeness (QED) is 0.711. The van der Waals surface area contributed by atoms with Gasteiger partial charge >= 0.3 is 5.97 Å². The number of aromatic hydroxyl groups is 1. The van der Waals surface area contributed by atoms with Crippen LogP contribution in [-0.4, -0.2) is 52.9 Å². The van der Waals surface area contributed by atoms with Crippen LogP contribution in [0.2, 0.25) is 0 Å². The highest BCUT2D eigenvalue weighted by Gasteiger charge is 2.33. The molecular weight excluding hydrogens is 342 g/mol. The third kappa shape index (κ3) is 5.55. The van der Waals surface area contributed by atoms with Gasteiger partial charge in [-0.05, 0) is 55.5 Å². The highest BCUT2D eigenvalue weighted by Crippen LogP contribution is 2.21. The van der Waals surface area contributed by atoms with E-state index in [1.807, 2.05) is 18.2 Å². The zero-order valence-electron chi connectivity index (χ0n) is 15.5. The minimum atomic E-state index is -0.810. The third-order valence-corrected chi connectivity index (χ3v) is 5.15. The smallest absolute Gasteiger partial charge is 0.321 e. The van der Waals surface area contributed by atoms with Crippen LogP contribution in [0.5, 0.6) is 5.75 Å². The van der Waals surface area contributed by atoms with E-state index in [9.17, 15) is 15.0 Å². The van der Waals surface area contributed by atoms with E-state index < -0.39 is 12.0 Å². The Kier molecular flexibility index (Phi) is 6.85. The number of aliphatic carboxylic acids is 1. The number of ether oxygens (including phenoxy) is 1. The molecule has 0 radical (unpaired) electrons. The average Bonchev–Trinajstić information content (AvgIpc) is 3.20. The third-order valence-electron chi connectivity index (χ3n) is 5.15. The number of carboxylic acid groups (broad SMARTS) is 1. The van der Waals surface area contributed by atoms with Crippen molar-refractivity contribution >= 4 is 5.97 Å². The van der Waals surface area contributed by atoms with E-state index in [4.69, 9.17) is 4.74 Å². The van der Waals surface area contributed by atoms with Crippen molar-refractivity contribution in [1.82, 2.24) is 4.90 Å². The number of nitrogens with zero attached hydrogens (tertiary/aromatic N) is 1. The Bertz CT molecular complexity index is 711. The Morgan fingerprint density at radius 2 is 1.85 bits per heavy atom. The van der Waals surface area contributed by atoms with Gasteiger partial charge in [0.15, 0.2) is 0 Å². The summed E-state index contributed by atoms with van der Waals surface area (Å²) in [5, 5.41) is 19.4. The number of aryl methyl sites for hydroxylation is 1. The fraction of sp³-hybridized carbons (Fsp3) is 0.409. The maximum atomic E-state index is 12.1. The molecule has 0 amide bonds. The highest BCUT2D eigenvalue weighted by molar-refractivity contribution is 5.74. The molecule has 0 bridgehead atoms. The van der Waals surface area contributed by atoms with Crippen LogP contribution in [0.4, 0.5) is 0 Å². The zero-order valence-corrected chi connectivity index (χ0v) is 15.5. The lowest BCUT2D eigenvalue weighted by Gasteiger charge is -2.33. The molecule has 0 aromatic heterocycles. The number of carbonyl (C=O) groups is 1. The van der Waals surface area contributed by atoms with Gasteiger partial charge in [0.05, 0.1) is 6.61 Å². The van der Waals surface area contributed by atoms with Gasteiger partial charge in [-0.1, -0.05) is 42.5 Å². The molecule has 27 heavy (non-hydrogen) atoms. The van der Waals surface area contributed by atoms with Crippen molar-refractivity contribution in [3.8, 4) is 5.75 Å². The minimum Gasteiger partial charge on any atom is -0.508 e. The number of rotatable bonds is 9. The Hall–Kier alpha value is -2.37. The van der Waals surface area contributed by atoms with E-state index in [2.05, 4.69) is 17.0 Å². The molecule has 0 saturated carbocycles. The average molecular weight is 369 g/mol. The molecule has 5 heteroatoms. The van der Waals surface area contributed by atoms with Gasteiger partial charge in [-0.3, -0.25) is 9.69 Å². The summed E-state index contributed by atoms with van der Waals surface area (Å²) in [7, 11) is 0. The number of hydrogen-bond acceptors (Lipinski definition) is 4. The molecule has 1 fully saturated rings. The van der Waals surface area contributed by atoms with Crippen molar-refractivity contribution < 1.29 is 19.7 Å². The first kappa shape index (κ1) is 19.4. The Balaban J connectivity index is 1.70. The molecule has 2 aromatic carbocycles. The van der Waals surface area contributed by atoms with E-state index in [1.165, 1.54) is 5.56 Å². The Labute approximate surface area is 160 Å². The van der Waals surface area contributed by atoms with Crippen molar-refractivity contribution in [1.29, 1.82) is 0 Å². The molecule has 1 heterocycles. The molecule has 1 saturated heterocycles. The summed E-state index contributed by atoms with van der Waals surface area (Å²) in [6.07, 6.45) is 3.11. The molecule has 0 aliphatic carbocycles. The molecule has 1 aliphatic heterocycles. The predicted molar refractivity (Wildman–Crippen MR) is 104 cm³/mol. The number of hydrogen-bond donors (Lipinski definition) is 2. The summed E-state index contributed by atoms with van der Waals surface area (Å²) in [6, 6.07) is 16.6. The SMILES string of the molecule is O=C(O)[C@@H](Cc1ccc(O)cc1)N(CCCc1ccccc1)C1CCOC1. The second kappa shape index (κ2) is 9.53. The normalized spacial score (nSPS) is 17.9. The second-order valence-corrected chi connectivity index (χ2v) is 7.07. The maximum Gasteiger partial charge on any atom is 0.321 e. The van der Waals surface area contributed by atoms with E-state index >= 15 is 0 Å². The molecule has 2 atom stereocenters. The number of phenols is 1. The van der Waals surface area contributed by atoms with Gasteiger partial charge in [-0.2, -0.15) is 0 Å². The number of benzene rings is 2. The lowest BCUT2D eigenvalue weighted by Crippen LogP contribution is -2.49. The van der Waals surface area contributed by atoms with Crippen molar-refractivity contribution in [2.45, 2.75) is 37.8 Å². The molecule has 144 valence electrons. The second-order valence-electron chi connectivity index (χ2n) is 7.07. The topological polar surface area (TPSA) is 70.0 Å². The van der Waals surface area contributed by atoms with Gasteiger partial charge < -0.3 is 14.9 Å². The van der Waals surface area contributed by atoms with Gasteiger partial charge in [0.2, 0.25) is 0 Å². The lowest BCUT2D eigenvalue weighted by atomic mass is 10.0. The van der Waals surface area contributed by atoms with Crippen LogP contribution in [0.25, 0.3) is 0 Å². The lowest BCUT2D eigenvalue weighted by molar-refractivity contribution is -0.144.